The summed E-state index contributed by atoms with van der Waals surface area (Å²) in [5.41, 5.74) is -0.294. The lowest BCUT2D eigenvalue weighted by atomic mass is 10.1. The van der Waals surface area contributed by atoms with E-state index in [4.69, 9.17) is 4.42 Å². The van der Waals surface area contributed by atoms with Crippen LogP contribution in [-0.4, -0.2) is 15.9 Å². The van der Waals surface area contributed by atoms with E-state index >= 15 is 0 Å². The third kappa shape index (κ3) is 3.78. The smallest absolute Gasteiger partial charge is 0.433 e. The molecule has 27 heavy (non-hydrogen) atoms. The third-order valence-corrected chi connectivity index (χ3v) is 3.52. The predicted octanol–water partition coefficient (Wildman–Crippen LogP) is 4.59. The number of hydrogen-bond acceptors (Lipinski definition) is 4. The number of hydrogen-bond donors (Lipinski definition) is 1. The first kappa shape index (κ1) is 18.5. The summed E-state index contributed by atoms with van der Waals surface area (Å²) < 4.78 is 69.9. The number of alkyl halides is 3. The molecule has 1 N–H and O–H groups in total. The van der Waals surface area contributed by atoms with E-state index in [2.05, 4.69) is 15.3 Å². The standard InChI is InChI=1S/C17H10F5N3O2/c1-8-14(27-16(24-8)17(20,21)22)9-2-4-10(5-3-9)25-15(26)13-11(18)6-23-7-12(13)19/h2-7H,1H3,(H,25,26). The highest BCUT2D eigenvalue weighted by Gasteiger charge is 2.38. The van der Waals surface area contributed by atoms with Gasteiger partial charge in [0, 0.05) is 11.3 Å². The Kier molecular flexibility index (Phi) is 4.64. The van der Waals surface area contributed by atoms with E-state index in [9.17, 15) is 26.7 Å². The highest BCUT2D eigenvalue weighted by Crippen LogP contribution is 2.34. The topological polar surface area (TPSA) is 68.0 Å². The second kappa shape index (κ2) is 6.78. The summed E-state index contributed by atoms with van der Waals surface area (Å²) >= 11 is 0. The number of halogens is 5. The summed E-state index contributed by atoms with van der Waals surface area (Å²) in [4.78, 5) is 18.6. The summed E-state index contributed by atoms with van der Waals surface area (Å²) in [6.07, 6.45) is -3.31. The molecule has 1 amide bonds. The molecule has 0 saturated carbocycles. The number of aryl methyl sites for hydroxylation is 1. The van der Waals surface area contributed by atoms with Crippen molar-refractivity contribution in [2.75, 3.05) is 5.32 Å². The van der Waals surface area contributed by atoms with Gasteiger partial charge >= 0.3 is 12.1 Å². The number of nitrogens with one attached hydrogen (secondary N) is 1. The maximum Gasteiger partial charge on any atom is 0.468 e. The Morgan fingerprint density at radius 1 is 1.07 bits per heavy atom. The molecule has 0 saturated heterocycles. The molecule has 10 heteroatoms. The largest absolute Gasteiger partial charge is 0.468 e. The van der Waals surface area contributed by atoms with Crippen molar-refractivity contribution >= 4 is 11.6 Å². The Labute approximate surface area is 148 Å². The lowest BCUT2D eigenvalue weighted by Gasteiger charge is -2.07. The monoisotopic (exact) mass is 383 g/mol. The van der Waals surface area contributed by atoms with E-state index in [0.29, 0.717) is 12.4 Å². The summed E-state index contributed by atoms with van der Waals surface area (Å²) in [7, 11) is 0. The number of oxazole rings is 1. The number of rotatable bonds is 3. The van der Waals surface area contributed by atoms with Gasteiger partial charge in [0.05, 0.1) is 18.1 Å². The van der Waals surface area contributed by atoms with E-state index in [-0.39, 0.29) is 22.7 Å². The quantitative estimate of drug-likeness (QED) is 0.672. The first-order chi connectivity index (χ1) is 12.7. The number of pyridine rings is 1. The van der Waals surface area contributed by atoms with E-state index in [1.165, 1.54) is 31.2 Å². The molecule has 0 aliphatic carbocycles. The minimum atomic E-state index is -4.71. The van der Waals surface area contributed by atoms with Gasteiger partial charge in [0.25, 0.3) is 5.91 Å². The molecule has 2 heterocycles. The van der Waals surface area contributed by atoms with Crippen LogP contribution in [0.4, 0.5) is 27.6 Å². The molecule has 3 rings (SSSR count). The van der Waals surface area contributed by atoms with Crippen LogP contribution < -0.4 is 5.32 Å². The van der Waals surface area contributed by atoms with Gasteiger partial charge in [-0.05, 0) is 31.2 Å². The first-order valence-electron chi connectivity index (χ1n) is 7.42. The zero-order chi connectivity index (χ0) is 19.8. The van der Waals surface area contributed by atoms with Crippen LogP contribution >= 0.6 is 0 Å². The Balaban J connectivity index is 1.82. The normalized spacial score (nSPS) is 11.5. The molecular formula is C17H10F5N3O2. The van der Waals surface area contributed by atoms with Crippen molar-refractivity contribution in [3.63, 3.8) is 0 Å². The van der Waals surface area contributed by atoms with E-state index in [0.717, 1.165) is 0 Å². The molecule has 0 fully saturated rings. The predicted molar refractivity (Wildman–Crippen MR) is 83.8 cm³/mol. The second-order valence-corrected chi connectivity index (χ2v) is 5.44. The van der Waals surface area contributed by atoms with Crippen molar-refractivity contribution < 1.29 is 31.2 Å². The van der Waals surface area contributed by atoms with Gasteiger partial charge in [0.1, 0.15) is 5.56 Å². The van der Waals surface area contributed by atoms with Crippen molar-refractivity contribution in [2.24, 2.45) is 0 Å². The van der Waals surface area contributed by atoms with Crippen molar-refractivity contribution in [1.82, 2.24) is 9.97 Å². The van der Waals surface area contributed by atoms with Crippen LogP contribution in [0.15, 0.2) is 41.1 Å². The molecule has 0 radical (unpaired) electrons. The molecule has 0 unspecified atom stereocenters. The average molecular weight is 383 g/mol. The Bertz CT molecular complexity index is 977. The van der Waals surface area contributed by atoms with Gasteiger partial charge in [-0.3, -0.25) is 9.78 Å². The van der Waals surface area contributed by atoms with Gasteiger partial charge in [-0.15, -0.1) is 0 Å². The van der Waals surface area contributed by atoms with Gasteiger partial charge in [0.15, 0.2) is 17.4 Å². The maximum absolute atomic E-state index is 13.6. The van der Waals surface area contributed by atoms with Gasteiger partial charge in [0.2, 0.25) is 0 Å². The molecule has 3 aromatic rings. The Morgan fingerprint density at radius 3 is 2.19 bits per heavy atom. The summed E-state index contributed by atoms with van der Waals surface area (Å²) in [6.45, 7) is 1.36. The van der Waals surface area contributed by atoms with Gasteiger partial charge < -0.3 is 9.73 Å². The number of amides is 1. The highest BCUT2D eigenvalue weighted by molar-refractivity contribution is 6.04. The molecule has 0 bridgehead atoms. The molecule has 140 valence electrons. The van der Waals surface area contributed by atoms with Gasteiger partial charge in [-0.2, -0.15) is 13.2 Å². The summed E-state index contributed by atoms with van der Waals surface area (Å²) in [5, 5.41) is 2.29. The molecular weight excluding hydrogens is 373 g/mol. The van der Waals surface area contributed by atoms with E-state index < -0.39 is 35.2 Å². The highest BCUT2D eigenvalue weighted by atomic mass is 19.4. The first-order valence-corrected chi connectivity index (χ1v) is 7.42. The number of carbonyl (C=O) groups is 1. The number of nitrogens with zero attached hydrogens (tertiary/aromatic N) is 2. The summed E-state index contributed by atoms with van der Waals surface area (Å²) in [5.74, 6) is -4.72. The average Bonchev–Trinajstić information content (AvgIpc) is 2.97. The minimum absolute atomic E-state index is 0.0417. The second-order valence-electron chi connectivity index (χ2n) is 5.44. The summed E-state index contributed by atoms with van der Waals surface area (Å²) in [6, 6.07) is 5.45. The molecule has 0 aliphatic rings. The minimum Gasteiger partial charge on any atom is -0.433 e. The number of benzene rings is 1. The third-order valence-electron chi connectivity index (χ3n) is 3.52. The van der Waals surface area contributed by atoms with Gasteiger partial charge in [-0.1, -0.05) is 0 Å². The maximum atomic E-state index is 13.6. The SMILES string of the molecule is Cc1nc(C(F)(F)F)oc1-c1ccc(NC(=O)c2c(F)cncc2F)cc1. The molecule has 1 aromatic carbocycles. The molecule has 5 nitrogen and oxygen atoms in total. The van der Waals surface area contributed by atoms with Crippen LogP contribution in [0.25, 0.3) is 11.3 Å². The number of aromatic nitrogens is 2. The van der Waals surface area contributed by atoms with Crippen LogP contribution in [0.3, 0.4) is 0 Å². The van der Waals surface area contributed by atoms with Crippen molar-refractivity contribution in [3.05, 3.63) is 65.4 Å². The lowest BCUT2D eigenvalue weighted by molar-refractivity contribution is -0.156. The van der Waals surface area contributed by atoms with E-state index in [1.54, 1.807) is 0 Å². The molecule has 2 aromatic heterocycles. The van der Waals surface area contributed by atoms with Crippen LogP contribution in [-0.2, 0) is 6.18 Å². The molecule has 0 atom stereocenters. The number of carbonyl (C=O) groups excluding carboxylic acids is 1. The zero-order valence-electron chi connectivity index (χ0n) is 13.6. The fraction of sp³-hybridized carbons (Fsp3) is 0.118. The van der Waals surface area contributed by atoms with Gasteiger partial charge in [-0.25, -0.2) is 13.8 Å². The zero-order valence-corrected chi connectivity index (χ0v) is 13.6. The van der Waals surface area contributed by atoms with Crippen molar-refractivity contribution in [2.45, 2.75) is 13.1 Å². The van der Waals surface area contributed by atoms with Crippen LogP contribution in [0, 0.1) is 18.6 Å². The Morgan fingerprint density at radius 2 is 1.67 bits per heavy atom. The molecule has 0 aliphatic heterocycles. The lowest BCUT2D eigenvalue weighted by Crippen LogP contribution is -2.16. The van der Waals surface area contributed by atoms with Crippen LogP contribution in [0.2, 0.25) is 0 Å². The fourth-order valence-electron chi connectivity index (χ4n) is 2.31. The number of anilines is 1. The molecule has 0 spiro atoms. The van der Waals surface area contributed by atoms with Crippen LogP contribution in [0.1, 0.15) is 21.9 Å². The fourth-order valence-corrected chi connectivity index (χ4v) is 2.31. The van der Waals surface area contributed by atoms with Crippen molar-refractivity contribution in [1.29, 1.82) is 0 Å². The van der Waals surface area contributed by atoms with E-state index in [1.807, 2.05) is 0 Å². The Hall–Kier alpha value is -3.30. The van der Waals surface area contributed by atoms with Crippen LogP contribution in [0.5, 0.6) is 0 Å². The van der Waals surface area contributed by atoms with Crippen molar-refractivity contribution in [3.8, 4) is 11.3 Å².